The van der Waals surface area contributed by atoms with Crippen LogP contribution in [0.3, 0.4) is 0 Å². The third-order valence-electron chi connectivity index (χ3n) is 5.90. The number of fused-ring (bicyclic) bond motifs is 1. The van der Waals surface area contributed by atoms with Gasteiger partial charge in [0.25, 0.3) is 5.91 Å². The van der Waals surface area contributed by atoms with E-state index in [0.717, 1.165) is 27.7 Å². The Kier molecular flexibility index (Phi) is 6.45. The number of carbonyl (C=O) groups is 2. The van der Waals surface area contributed by atoms with Crippen molar-refractivity contribution in [2.75, 3.05) is 7.05 Å². The van der Waals surface area contributed by atoms with Gasteiger partial charge < -0.3 is 15.2 Å². The zero-order valence-corrected chi connectivity index (χ0v) is 20.0. The number of nitrogens with zero attached hydrogens (tertiary/aromatic N) is 3. The number of benzene rings is 2. The fourth-order valence-electron chi connectivity index (χ4n) is 4.14. The number of rotatable bonds is 8. The van der Waals surface area contributed by atoms with Crippen LogP contribution in [0.1, 0.15) is 20.8 Å². The van der Waals surface area contributed by atoms with Gasteiger partial charge in [0.1, 0.15) is 6.04 Å². The quantitative estimate of drug-likeness (QED) is 0.343. The van der Waals surface area contributed by atoms with Crippen molar-refractivity contribution < 1.29 is 9.59 Å². The highest BCUT2D eigenvalue weighted by atomic mass is 32.1. The topological polar surface area (TPSA) is 83.0 Å². The van der Waals surface area contributed by atoms with Gasteiger partial charge in [-0.2, -0.15) is 5.10 Å². The predicted octanol–water partition coefficient (Wildman–Crippen LogP) is 4.41. The lowest BCUT2D eigenvalue weighted by Crippen LogP contribution is -2.48. The number of para-hydroxylation sites is 2. The minimum absolute atomic E-state index is 0.160. The number of likely N-dealkylation sites (N-methyl/N-ethyl adjacent to an activating group) is 1. The average molecular weight is 484 g/mol. The smallest absolute Gasteiger partial charge is 0.262 e. The molecule has 0 spiro atoms. The molecule has 5 rings (SSSR count). The normalized spacial score (nSPS) is 11.9. The molecule has 3 aromatic heterocycles. The summed E-state index contributed by atoms with van der Waals surface area (Å²) in [6, 6.07) is 20.6. The second-order valence-electron chi connectivity index (χ2n) is 8.39. The minimum atomic E-state index is -0.710. The van der Waals surface area contributed by atoms with Gasteiger partial charge in [-0.25, -0.2) is 4.68 Å². The summed E-state index contributed by atoms with van der Waals surface area (Å²) in [5.41, 5.74) is 3.84. The molecule has 2 aromatic carbocycles. The average Bonchev–Trinajstić information content (AvgIpc) is 3.65. The zero-order valence-electron chi connectivity index (χ0n) is 19.2. The molecule has 2 N–H and O–H groups in total. The predicted molar refractivity (Wildman–Crippen MR) is 138 cm³/mol. The van der Waals surface area contributed by atoms with Crippen LogP contribution in [-0.4, -0.2) is 44.6 Å². The molecule has 0 aliphatic rings. The van der Waals surface area contributed by atoms with Crippen LogP contribution in [0.4, 0.5) is 0 Å². The summed E-state index contributed by atoms with van der Waals surface area (Å²) < 4.78 is 1.79. The number of carbonyl (C=O) groups excluding carboxylic acids is 2. The Labute approximate surface area is 207 Å². The Hall–Kier alpha value is -4.17. The molecule has 0 unspecified atom stereocenters. The number of aromatic nitrogens is 3. The molecule has 0 aliphatic heterocycles. The Morgan fingerprint density at radius 3 is 2.69 bits per heavy atom. The highest BCUT2D eigenvalue weighted by Crippen LogP contribution is 2.20. The van der Waals surface area contributed by atoms with Crippen molar-refractivity contribution in [3.63, 3.8) is 0 Å². The molecular formula is C27H25N5O2S. The number of thiophene rings is 1. The van der Waals surface area contributed by atoms with E-state index >= 15 is 0 Å². The van der Waals surface area contributed by atoms with E-state index in [1.807, 2.05) is 78.4 Å². The Morgan fingerprint density at radius 1 is 1.09 bits per heavy atom. The molecular weight excluding hydrogens is 458 g/mol. The van der Waals surface area contributed by atoms with E-state index in [-0.39, 0.29) is 11.8 Å². The van der Waals surface area contributed by atoms with Gasteiger partial charge in [0.2, 0.25) is 5.91 Å². The van der Waals surface area contributed by atoms with Crippen molar-refractivity contribution in [1.29, 1.82) is 0 Å². The van der Waals surface area contributed by atoms with Gasteiger partial charge in [0.15, 0.2) is 0 Å². The number of hydrogen-bond donors (Lipinski definition) is 2. The maximum absolute atomic E-state index is 13.6. The first-order valence-corrected chi connectivity index (χ1v) is 12.2. The molecule has 2 amide bonds. The summed E-state index contributed by atoms with van der Waals surface area (Å²) in [7, 11) is 1.75. The van der Waals surface area contributed by atoms with Gasteiger partial charge in [-0.1, -0.05) is 42.5 Å². The maximum atomic E-state index is 13.6. The summed E-state index contributed by atoms with van der Waals surface area (Å²) in [6.07, 6.45) is 5.97. The number of H-pyrrole nitrogens is 1. The number of nitrogens with one attached hydrogen (secondary N) is 2. The molecule has 8 heteroatoms. The van der Waals surface area contributed by atoms with E-state index in [2.05, 4.69) is 15.4 Å². The van der Waals surface area contributed by atoms with Crippen LogP contribution in [-0.2, 0) is 17.8 Å². The van der Waals surface area contributed by atoms with E-state index in [4.69, 9.17) is 0 Å². The van der Waals surface area contributed by atoms with E-state index in [1.54, 1.807) is 28.9 Å². The SMILES string of the molecule is CN(Cc1cnn(-c2ccccc2)c1)C(=O)[C@H](Cc1c[nH]c2ccccc12)NC(=O)c1cccs1. The third kappa shape index (κ3) is 5.02. The van der Waals surface area contributed by atoms with E-state index in [0.29, 0.717) is 17.8 Å². The lowest BCUT2D eigenvalue weighted by molar-refractivity contribution is -0.132. The van der Waals surface area contributed by atoms with Crippen molar-refractivity contribution in [3.05, 3.63) is 107 Å². The molecule has 0 radical (unpaired) electrons. The van der Waals surface area contributed by atoms with Gasteiger partial charge in [-0.05, 0) is 35.2 Å². The van der Waals surface area contributed by atoms with Crippen molar-refractivity contribution in [1.82, 2.24) is 25.0 Å². The van der Waals surface area contributed by atoms with E-state index in [1.165, 1.54) is 11.3 Å². The first kappa shape index (κ1) is 22.6. The van der Waals surface area contributed by atoms with E-state index in [9.17, 15) is 9.59 Å². The van der Waals surface area contributed by atoms with Crippen molar-refractivity contribution in [2.45, 2.75) is 19.0 Å². The molecule has 0 aliphatic carbocycles. The van der Waals surface area contributed by atoms with Gasteiger partial charge in [-0.3, -0.25) is 9.59 Å². The molecule has 1 atom stereocenters. The Balaban J connectivity index is 1.35. The van der Waals surface area contributed by atoms with Crippen molar-refractivity contribution in [2.24, 2.45) is 0 Å². The third-order valence-corrected chi connectivity index (χ3v) is 6.77. The number of hydrogen-bond acceptors (Lipinski definition) is 4. The van der Waals surface area contributed by atoms with Crippen LogP contribution in [0, 0.1) is 0 Å². The van der Waals surface area contributed by atoms with Crippen LogP contribution in [0.5, 0.6) is 0 Å². The molecule has 176 valence electrons. The summed E-state index contributed by atoms with van der Waals surface area (Å²) in [6.45, 7) is 0.380. The first-order valence-electron chi connectivity index (χ1n) is 11.3. The highest BCUT2D eigenvalue weighted by Gasteiger charge is 2.26. The lowest BCUT2D eigenvalue weighted by atomic mass is 10.0. The van der Waals surface area contributed by atoms with Crippen LogP contribution in [0.2, 0.25) is 0 Å². The maximum Gasteiger partial charge on any atom is 0.262 e. The van der Waals surface area contributed by atoms with Crippen LogP contribution >= 0.6 is 11.3 Å². The standard InChI is InChI=1S/C27H25N5O2S/c1-31(17-19-15-29-32(18-19)21-8-3-2-4-9-21)27(34)24(30-26(33)25-12-7-13-35-25)14-20-16-28-23-11-6-5-10-22(20)23/h2-13,15-16,18,24,28H,14,17H2,1H3,(H,30,33)/t24-/m0/s1. The molecule has 7 nitrogen and oxygen atoms in total. The largest absolute Gasteiger partial charge is 0.361 e. The molecule has 0 bridgehead atoms. The van der Waals surface area contributed by atoms with Gasteiger partial charge in [-0.15, -0.1) is 11.3 Å². The monoisotopic (exact) mass is 483 g/mol. The van der Waals surface area contributed by atoms with Crippen LogP contribution < -0.4 is 5.32 Å². The molecule has 35 heavy (non-hydrogen) atoms. The molecule has 5 aromatic rings. The van der Waals surface area contributed by atoms with Gasteiger partial charge in [0.05, 0.1) is 16.8 Å². The van der Waals surface area contributed by atoms with Gasteiger partial charge >= 0.3 is 0 Å². The Bertz CT molecular complexity index is 1440. The summed E-state index contributed by atoms with van der Waals surface area (Å²) >= 11 is 1.35. The Morgan fingerprint density at radius 2 is 1.89 bits per heavy atom. The van der Waals surface area contributed by atoms with Crippen molar-refractivity contribution >= 4 is 34.1 Å². The molecule has 0 saturated carbocycles. The second kappa shape index (κ2) is 9.99. The fourth-order valence-corrected chi connectivity index (χ4v) is 4.77. The number of aromatic amines is 1. The number of amides is 2. The fraction of sp³-hybridized carbons (Fsp3) is 0.148. The minimum Gasteiger partial charge on any atom is -0.361 e. The molecule has 0 fully saturated rings. The van der Waals surface area contributed by atoms with E-state index < -0.39 is 6.04 Å². The highest BCUT2D eigenvalue weighted by molar-refractivity contribution is 7.12. The van der Waals surface area contributed by atoms with Gasteiger partial charge in [0, 0.05) is 48.9 Å². The summed E-state index contributed by atoms with van der Waals surface area (Å²) in [5.74, 6) is -0.406. The first-order chi connectivity index (χ1) is 17.1. The second-order valence-corrected chi connectivity index (χ2v) is 9.34. The summed E-state index contributed by atoms with van der Waals surface area (Å²) in [5, 5.41) is 10.3. The van der Waals surface area contributed by atoms with Crippen LogP contribution in [0.25, 0.3) is 16.6 Å². The molecule has 3 heterocycles. The lowest BCUT2D eigenvalue weighted by Gasteiger charge is -2.24. The van der Waals surface area contributed by atoms with Crippen LogP contribution in [0.15, 0.2) is 90.7 Å². The van der Waals surface area contributed by atoms with Crippen molar-refractivity contribution in [3.8, 4) is 5.69 Å². The summed E-state index contributed by atoms with van der Waals surface area (Å²) in [4.78, 5) is 31.9. The molecule has 0 saturated heterocycles. The zero-order chi connectivity index (χ0) is 24.2.